The van der Waals surface area contributed by atoms with Crippen LogP contribution < -0.4 is 5.32 Å². The fourth-order valence-electron chi connectivity index (χ4n) is 1.28. The van der Waals surface area contributed by atoms with Gasteiger partial charge in [0.1, 0.15) is 0 Å². The molecule has 82 valence electrons. The van der Waals surface area contributed by atoms with Crippen LogP contribution in [0.5, 0.6) is 0 Å². The number of hydrogen-bond acceptors (Lipinski definition) is 2. The van der Waals surface area contributed by atoms with Crippen molar-refractivity contribution in [3.8, 4) is 0 Å². The molecule has 2 heteroatoms. The highest BCUT2D eigenvalue weighted by Crippen LogP contribution is 2.12. The van der Waals surface area contributed by atoms with Gasteiger partial charge >= 0.3 is 0 Å². The van der Waals surface area contributed by atoms with E-state index >= 15 is 0 Å². The quantitative estimate of drug-likeness (QED) is 0.685. The Morgan fingerprint density at radius 1 is 1.15 bits per heavy atom. The van der Waals surface area contributed by atoms with Crippen LogP contribution in [0.15, 0.2) is 0 Å². The maximum atomic E-state index is 5.24. The molecule has 1 aliphatic rings. The number of piperidine rings is 1. The van der Waals surface area contributed by atoms with Crippen molar-refractivity contribution in [3.05, 3.63) is 0 Å². The second kappa shape index (κ2) is 11.9. The maximum absolute atomic E-state index is 5.24. The van der Waals surface area contributed by atoms with E-state index in [1.54, 1.807) is 7.11 Å². The highest BCUT2D eigenvalue weighted by Gasteiger charge is 2.19. The molecule has 0 amide bonds. The molecule has 1 rings (SSSR count). The number of nitrogens with one attached hydrogen (secondary N) is 1. The van der Waals surface area contributed by atoms with Gasteiger partial charge in [-0.25, -0.2) is 0 Å². The van der Waals surface area contributed by atoms with Crippen molar-refractivity contribution >= 4 is 0 Å². The van der Waals surface area contributed by atoms with Crippen molar-refractivity contribution in [1.29, 1.82) is 0 Å². The Kier molecular flexibility index (Phi) is 14.1. The van der Waals surface area contributed by atoms with E-state index in [4.69, 9.17) is 4.74 Å². The lowest BCUT2D eigenvalue weighted by molar-refractivity contribution is 0.0413. The van der Waals surface area contributed by atoms with Gasteiger partial charge in [-0.15, -0.1) is 0 Å². The van der Waals surface area contributed by atoms with Gasteiger partial charge in [0.15, 0.2) is 0 Å². The number of ether oxygens (including phenoxy) is 1. The van der Waals surface area contributed by atoms with Crippen LogP contribution in [0.1, 0.15) is 41.0 Å². The molecule has 1 N–H and O–H groups in total. The minimum atomic E-state index is 0.443. The number of rotatable bonds is 1. The smallest absolute Gasteiger partial charge is 0.0721 e. The van der Waals surface area contributed by atoms with Gasteiger partial charge in [-0.05, 0) is 18.9 Å². The summed E-state index contributed by atoms with van der Waals surface area (Å²) in [7, 11) is 1.79. The summed E-state index contributed by atoms with van der Waals surface area (Å²) >= 11 is 0. The molecule has 0 aromatic carbocycles. The maximum Gasteiger partial charge on any atom is 0.0721 e. The van der Waals surface area contributed by atoms with Crippen LogP contribution in [0.4, 0.5) is 0 Å². The van der Waals surface area contributed by atoms with E-state index in [0.29, 0.717) is 6.10 Å². The Balaban J connectivity index is 0. The van der Waals surface area contributed by atoms with Crippen molar-refractivity contribution in [2.24, 2.45) is 5.92 Å². The molecule has 0 aliphatic carbocycles. The third-order valence-corrected chi connectivity index (χ3v) is 2.06. The van der Waals surface area contributed by atoms with Gasteiger partial charge in [0.25, 0.3) is 0 Å². The SMILES string of the molecule is CC.CC.COC1CNCCC1C. The highest BCUT2D eigenvalue weighted by molar-refractivity contribution is 4.74. The normalized spacial score (nSPS) is 26.3. The lowest BCUT2D eigenvalue weighted by Gasteiger charge is -2.27. The van der Waals surface area contributed by atoms with E-state index < -0.39 is 0 Å². The zero-order valence-corrected chi connectivity index (χ0v) is 10.2. The molecule has 0 saturated carbocycles. The molecule has 2 unspecified atom stereocenters. The van der Waals surface area contributed by atoms with Gasteiger partial charge in [0.05, 0.1) is 6.10 Å². The lowest BCUT2D eigenvalue weighted by atomic mass is 9.97. The first kappa shape index (κ1) is 15.4. The van der Waals surface area contributed by atoms with Gasteiger partial charge in [-0.3, -0.25) is 0 Å². The fourth-order valence-corrected chi connectivity index (χ4v) is 1.28. The second-order valence-corrected chi connectivity index (χ2v) is 2.74. The zero-order valence-electron chi connectivity index (χ0n) is 10.2. The third-order valence-electron chi connectivity index (χ3n) is 2.06. The molecule has 13 heavy (non-hydrogen) atoms. The first-order valence-electron chi connectivity index (χ1n) is 5.58. The van der Waals surface area contributed by atoms with Crippen LogP contribution in [0, 0.1) is 5.92 Å². The first-order valence-corrected chi connectivity index (χ1v) is 5.58. The lowest BCUT2D eigenvalue weighted by Crippen LogP contribution is -2.40. The van der Waals surface area contributed by atoms with Gasteiger partial charge < -0.3 is 10.1 Å². The topological polar surface area (TPSA) is 21.3 Å². The Morgan fingerprint density at radius 2 is 1.69 bits per heavy atom. The van der Waals surface area contributed by atoms with Crippen LogP contribution >= 0.6 is 0 Å². The third kappa shape index (κ3) is 7.03. The summed E-state index contributed by atoms with van der Waals surface area (Å²) in [6.45, 7) is 12.4. The van der Waals surface area contributed by atoms with E-state index in [1.807, 2.05) is 27.7 Å². The van der Waals surface area contributed by atoms with Crippen LogP contribution in [0.25, 0.3) is 0 Å². The van der Waals surface area contributed by atoms with Crippen molar-refractivity contribution in [2.75, 3.05) is 20.2 Å². The van der Waals surface area contributed by atoms with Crippen molar-refractivity contribution in [3.63, 3.8) is 0 Å². The van der Waals surface area contributed by atoms with E-state index in [2.05, 4.69) is 12.2 Å². The molecule has 0 aromatic heterocycles. The Bertz CT molecular complexity index is 86.2. The van der Waals surface area contributed by atoms with Crippen molar-refractivity contribution in [1.82, 2.24) is 5.32 Å². The minimum absolute atomic E-state index is 0.443. The largest absolute Gasteiger partial charge is 0.380 e. The van der Waals surface area contributed by atoms with E-state index in [0.717, 1.165) is 19.0 Å². The molecular formula is C11H27NO. The summed E-state index contributed by atoms with van der Waals surface area (Å²) in [5, 5.41) is 3.29. The molecule has 1 heterocycles. The molecule has 2 atom stereocenters. The minimum Gasteiger partial charge on any atom is -0.380 e. The molecule has 0 radical (unpaired) electrons. The summed E-state index contributed by atoms with van der Waals surface area (Å²) in [6, 6.07) is 0. The molecule has 2 nitrogen and oxygen atoms in total. The average Bonchev–Trinajstić information content (AvgIpc) is 2.24. The summed E-state index contributed by atoms with van der Waals surface area (Å²) < 4.78 is 5.24. The van der Waals surface area contributed by atoms with E-state index in [-0.39, 0.29) is 0 Å². The average molecular weight is 189 g/mol. The summed E-state index contributed by atoms with van der Waals surface area (Å²) in [5.74, 6) is 0.733. The van der Waals surface area contributed by atoms with Crippen LogP contribution in [0.2, 0.25) is 0 Å². The molecule has 0 bridgehead atoms. The Morgan fingerprint density at radius 3 is 2.00 bits per heavy atom. The van der Waals surface area contributed by atoms with Crippen molar-refractivity contribution in [2.45, 2.75) is 47.1 Å². The molecular weight excluding hydrogens is 162 g/mol. The molecule has 1 aliphatic heterocycles. The predicted molar refractivity (Wildman–Crippen MR) is 60.1 cm³/mol. The van der Waals surface area contributed by atoms with Gasteiger partial charge in [-0.2, -0.15) is 0 Å². The van der Waals surface area contributed by atoms with E-state index in [9.17, 15) is 0 Å². The van der Waals surface area contributed by atoms with Crippen LogP contribution in [0.3, 0.4) is 0 Å². The number of hydrogen-bond donors (Lipinski definition) is 1. The number of methoxy groups -OCH3 is 1. The highest BCUT2D eigenvalue weighted by atomic mass is 16.5. The second-order valence-electron chi connectivity index (χ2n) is 2.74. The van der Waals surface area contributed by atoms with Gasteiger partial charge in [0, 0.05) is 13.7 Å². The van der Waals surface area contributed by atoms with Gasteiger partial charge in [-0.1, -0.05) is 34.6 Å². The van der Waals surface area contributed by atoms with Crippen molar-refractivity contribution < 1.29 is 4.74 Å². The Labute approximate surface area is 84.1 Å². The predicted octanol–water partition coefficient (Wildman–Crippen LogP) is 2.68. The molecule has 1 saturated heterocycles. The molecule has 0 aromatic rings. The molecule has 1 fully saturated rings. The fraction of sp³-hybridized carbons (Fsp3) is 1.00. The van der Waals surface area contributed by atoms with E-state index in [1.165, 1.54) is 6.42 Å². The van der Waals surface area contributed by atoms with Crippen LogP contribution in [-0.4, -0.2) is 26.3 Å². The summed E-state index contributed by atoms with van der Waals surface area (Å²) in [5.41, 5.74) is 0. The summed E-state index contributed by atoms with van der Waals surface area (Å²) in [4.78, 5) is 0. The summed E-state index contributed by atoms with van der Waals surface area (Å²) in [6.07, 6.45) is 1.69. The van der Waals surface area contributed by atoms with Crippen LogP contribution in [-0.2, 0) is 4.74 Å². The standard InChI is InChI=1S/C7H15NO.2C2H6/c1-6-3-4-8-5-7(6)9-2;2*1-2/h6-8H,3-5H2,1-2H3;2*1-2H3. The monoisotopic (exact) mass is 189 g/mol. The van der Waals surface area contributed by atoms with Gasteiger partial charge in [0.2, 0.25) is 0 Å². The molecule has 0 spiro atoms. The Hall–Kier alpha value is -0.0800. The first-order chi connectivity index (χ1) is 6.34. The zero-order chi connectivity index (χ0) is 10.7.